The first-order valence-electron chi connectivity index (χ1n) is 8.62. The van der Waals surface area contributed by atoms with Crippen molar-refractivity contribution in [2.45, 2.75) is 38.0 Å². The van der Waals surface area contributed by atoms with Crippen molar-refractivity contribution in [3.05, 3.63) is 57.8 Å². The summed E-state index contributed by atoms with van der Waals surface area (Å²) >= 11 is 1.66. The van der Waals surface area contributed by atoms with Crippen LogP contribution in [-0.2, 0) is 6.18 Å². The molecule has 26 heavy (non-hydrogen) atoms. The number of rotatable bonds is 5. The molecule has 0 radical (unpaired) electrons. The van der Waals surface area contributed by atoms with Gasteiger partial charge in [0.2, 0.25) is 0 Å². The SMILES string of the molecule is C[C@H](NC(=O)c1ccc(C(F)(F)F)cc1)[C@H](c1cccs1)N1CCCC1. The second-order valence-corrected chi connectivity index (χ2v) is 7.52. The smallest absolute Gasteiger partial charge is 0.348 e. The zero-order chi connectivity index (χ0) is 18.7. The summed E-state index contributed by atoms with van der Waals surface area (Å²) in [5.74, 6) is -0.355. The minimum atomic E-state index is -4.40. The van der Waals surface area contributed by atoms with E-state index in [1.807, 2.05) is 18.4 Å². The van der Waals surface area contributed by atoms with Crippen molar-refractivity contribution in [3.63, 3.8) is 0 Å². The highest BCUT2D eigenvalue weighted by molar-refractivity contribution is 7.10. The van der Waals surface area contributed by atoms with Gasteiger partial charge in [0, 0.05) is 16.5 Å². The Labute approximate surface area is 154 Å². The van der Waals surface area contributed by atoms with Crippen LogP contribution >= 0.6 is 11.3 Å². The van der Waals surface area contributed by atoms with E-state index >= 15 is 0 Å². The molecule has 7 heteroatoms. The Morgan fingerprint density at radius 3 is 2.35 bits per heavy atom. The second-order valence-electron chi connectivity index (χ2n) is 6.54. The Morgan fingerprint density at radius 2 is 1.81 bits per heavy atom. The van der Waals surface area contributed by atoms with Crippen LogP contribution in [0.4, 0.5) is 13.2 Å². The molecule has 1 amide bonds. The van der Waals surface area contributed by atoms with Crippen LogP contribution in [0.25, 0.3) is 0 Å². The van der Waals surface area contributed by atoms with E-state index in [0.29, 0.717) is 0 Å². The molecule has 140 valence electrons. The molecule has 0 bridgehead atoms. The number of benzene rings is 1. The van der Waals surface area contributed by atoms with E-state index in [4.69, 9.17) is 0 Å². The molecule has 0 unspecified atom stereocenters. The van der Waals surface area contributed by atoms with E-state index < -0.39 is 11.7 Å². The Balaban J connectivity index is 1.72. The van der Waals surface area contributed by atoms with Crippen LogP contribution in [0.5, 0.6) is 0 Å². The van der Waals surface area contributed by atoms with Gasteiger partial charge in [0.05, 0.1) is 11.6 Å². The molecule has 1 saturated heterocycles. The molecule has 1 N–H and O–H groups in total. The highest BCUT2D eigenvalue weighted by Crippen LogP contribution is 2.32. The van der Waals surface area contributed by atoms with Crippen molar-refractivity contribution in [3.8, 4) is 0 Å². The van der Waals surface area contributed by atoms with Crippen molar-refractivity contribution >= 4 is 17.2 Å². The van der Waals surface area contributed by atoms with Crippen LogP contribution in [0.1, 0.15) is 46.6 Å². The average Bonchev–Trinajstić information content (AvgIpc) is 3.29. The number of amides is 1. The first-order chi connectivity index (χ1) is 12.4. The largest absolute Gasteiger partial charge is 0.416 e. The summed E-state index contributed by atoms with van der Waals surface area (Å²) in [5.41, 5.74) is -0.521. The maximum Gasteiger partial charge on any atom is 0.416 e. The van der Waals surface area contributed by atoms with Crippen molar-refractivity contribution in [2.75, 3.05) is 13.1 Å². The van der Waals surface area contributed by atoms with Gasteiger partial charge in [-0.3, -0.25) is 9.69 Å². The fourth-order valence-electron chi connectivity index (χ4n) is 3.40. The zero-order valence-corrected chi connectivity index (χ0v) is 15.2. The standard InChI is InChI=1S/C19H21F3N2OS/c1-13(17(16-5-4-12-26-16)24-10-2-3-11-24)23-18(25)14-6-8-15(9-7-14)19(20,21)22/h4-9,12-13,17H,2-3,10-11H2,1H3,(H,23,25)/t13-,17+/m0/s1. The maximum atomic E-state index is 12.7. The van der Waals surface area contributed by atoms with E-state index in [2.05, 4.69) is 16.3 Å². The zero-order valence-electron chi connectivity index (χ0n) is 14.4. The third-order valence-corrected chi connectivity index (χ3v) is 5.62. The van der Waals surface area contributed by atoms with Gasteiger partial charge in [-0.25, -0.2) is 0 Å². The van der Waals surface area contributed by atoms with Crippen molar-refractivity contribution < 1.29 is 18.0 Å². The molecule has 1 aliphatic rings. The number of hydrogen-bond acceptors (Lipinski definition) is 3. The maximum absolute atomic E-state index is 12.7. The number of thiophene rings is 1. The van der Waals surface area contributed by atoms with E-state index in [1.54, 1.807) is 11.3 Å². The van der Waals surface area contributed by atoms with Gasteiger partial charge < -0.3 is 5.32 Å². The highest BCUT2D eigenvalue weighted by Gasteiger charge is 2.32. The van der Waals surface area contributed by atoms with Gasteiger partial charge in [0.25, 0.3) is 5.91 Å². The molecule has 1 fully saturated rings. The molecular weight excluding hydrogens is 361 g/mol. The van der Waals surface area contributed by atoms with Gasteiger partial charge in [0.15, 0.2) is 0 Å². The summed E-state index contributed by atoms with van der Waals surface area (Å²) in [7, 11) is 0. The predicted molar refractivity (Wildman–Crippen MR) is 96.2 cm³/mol. The van der Waals surface area contributed by atoms with Crippen LogP contribution in [0.3, 0.4) is 0 Å². The molecular formula is C19H21F3N2OS. The van der Waals surface area contributed by atoms with Crippen molar-refractivity contribution in [1.29, 1.82) is 0 Å². The van der Waals surface area contributed by atoms with Gasteiger partial charge in [-0.1, -0.05) is 6.07 Å². The molecule has 1 aliphatic heterocycles. The number of likely N-dealkylation sites (tertiary alicyclic amines) is 1. The number of halogens is 3. The lowest BCUT2D eigenvalue weighted by molar-refractivity contribution is -0.137. The molecule has 3 rings (SSSR count). The monoisotopic (exact) mass is 382 g/mol. The minimum absolute atomic E-state index is 0.0795. The number of nitrogens with zero attached hydrogens (tertiary/aromatic N) is 1. The summed E-state index contributed by atoms with van der Waals surface area (Å²) in [6.45, 7) is 3.93. The first kappa shape index (κ1) is 18.9. The normalized spacial score (nSPS) is 17.8. The van der Waals surface area contributed by atoms with Crippen LogP contribution in [0.15, 0.2) is 41.8 Å². The fourth-order valence-corrected chi connectivity index (χ4v) is 4.37. The second kappa shape index (κ2) is 7.80. The number of alkyl halides is 3. The Bertz CT molecular complexity index is 722. The molecule has 2 heterocycles. The van der Waals surface area contributed by atoms with Gasteiger partial charge in [-0.05, 0) is 68.6 Å². The lowest BCUT2D eigenvalue weighted by Crippen LogP contribution is -2.43. The van der Waals surface area contributed by atoms with Gasteiger partial charge in [-0.2, -0.15) is 13.2 Å². The van der Waals surface area contributed by atoms with Gasteiger partial charge in [0.1, 0.15) is 0 Å². The van der Waals surface area contributed by atoms with E-state index in [1.165, 1.54) is 17.0 Å². The molecule has 1 aromatic heterocycles. The minimum Gasteiger partial charge on any atom is -0.348 e. The van der Waals surface area contributed by atoms with E-state index in [-0.39, 0.29) is 23.6 Å². The number of carbonyl (C=O) groups excluding carboxylic acids is 1. The first-order valence-corrected chi connectivity index (χ1v) is 9.50. The molecule has 0 saturated carbocycles. The topological polar surface area (TPSA) is 32.3 Å². The van der Waals surface area contributed by atoms with Crippen LogP contribution in [0, 0.1) is 0 Å². The number of hydrogen-bond donors (Lipinski definition) is 1. The lowest BCUT2D eigenvalue weighted by atomic mass is 10.1. The molecule has 0 spiro atoms. The molecule has 2 aromatic rings. The summed E-state index contributed by atoms with van der Waals surface area (Å²) in [6.07, 6.45) is -2.12. The summed E-state index contributed by atoms with van der Waals surface area (Å²) < 4.78 is 38.0. The molecule has 0 aliphatic carbocycles. The Morgan fingerprint density at radius 1 is 1.15 bits per heavy atom. The fraction of sp³-hybridized carbons (Fsp3) is 0.421. The Hall–Kier alpha value is -1.86. The van der Waals surface area contributed by atoms with Crippen LogP contribution < -0.4 is 5.32 Å². The third-order valence-electron chi connectivity index (χ3n) is 4.68. The number of nitrogens with one attached hydrogen (secondary N) is 1. The molecule has 1 aromatic carbocycles. The molecule has 3 nitrogen and oxygen atoms in total. The number of carbonyl (C=O) groups is 1. The van der Waals surface area contributed by atoms with Crippen molar-refractivity contribution in [1.82, 2.24) is 10.2 Å². The summed E-state index contributed by atoms with van der Waals surface area (Å²) in [6, 6.07) is 8.31. The van der Waals surface area contributed by atoms with Crippen molar-refractivity contribution in [2.24, 2.45) is 0 Å². The van der Waals surface area contributed by atoms with E-state index in [0.717, 1.165) is 38.1 Å². The summed E-state index contributed by atoms with van der Waals surface area (Å²) in [5, 5.41) is 4.98. The van der Waals surface area contributed by atoms with Crippen LogP contribution in [-0.4, -0.2) is 29.9 Å². The average molecular weight is 382 g/mol. The van der Waals surface area contributed by atoms with Gasteiger partial charge in [-0.15, -0.1) is 11.3 Å². The quantitative estimate of drug-likeness (QED) is 0.811. The van der Waals surface area contributed by atoms with Crippen LogP contribution in [0.2, 0.25) is 0 Å². The lowest BCUT2D eigenvalue weighted by Gasteiger charge is -2.32. The Kier molecular flexibility index (Phi) is 5.67. The molecule has 2 atom stereocenters. The van der Waals surface area contributed by atoms with E-state index in [9.17, 15) is 18.0 Å². The third kappa shape index (κ3) is 4.27. The highest BCUT2D eigenvalue weighted by atomic mass is 32.1. The predicted octanol–water partition coefficient (Wildman–Crippen LogP) is 4.72. The van der Waals surface area contributed by atoms with Gasteiger partial charge >= 0.3 is 6.18 Å². The summed E-state index contributed by atoms with van der Waals surface area (Å²) in [4.78, 5) is 16.0.